The molecule has 1 heterocycles. The van der Waals surface area contributed by atoms with Crippen LogP contribution in [-0.4, -0.2) is 16.2 Å². The Kier molecular flexibility index (Phi) is 4.38. The molecule has 1 unspecified atom stereocenters. The maximum absolute atomic E-state index is 10.1. The Morgan fingerprint density at radius 1 is 1.16 bits per heavy atom. The summed E-state index contributed by atoms with van der Waals surface area (Å²) in [6.45, 7) is 6.48. The molecular weight excluding hydrogens is 254 g/mol. The van der Waals surface area contributed by atoms with Crippen molar-refractivity contribution in [2.24, 2.45) is 0 Å². The van der Waals surface area contributed by atoms with Gasteiger partial charge in [0.1, 0.15) is 0 Å². The van der Waals surface area contributed by atoms with E-state index >= 15 is 0 Å². The minimum Gasteiger partial charge on any atom is -0.392 e. The molecule has 0 spiro atoms. The molecule has 1 aromatic carbocycles. The van der Waals surface area contributed by atoms with Crippen LogP contribution in [0.25, 0.3) is 0 Å². The molecule has 1 atom stereocenters. The third kappa shape index (κ3) is 4.15. The summed E-state index contributed by atoms with van der Waals surface area (Å²) in [5.41, 5.74) is 2.36. The SMILES string of the molecule is CC(C)(C)c1csc(CC(O)Cc2ccccc2)n1. The van der Waals surface area contributed by atoms with Gasteiger partial charge in [-0.05, 0) is 12.0 Å². The highest BCUT2D eigenvalue weighted by molar-refractivity contribution is 7.09. The Morgan fingerprint density at radius 3 is 2.42 bits per heavy atom. The van der Waals surface area contributed by atoms with E-state index in [1.807, 2.05) is 30.3 Å². The van der Waals surface area contributed by atoms with E-state index in [1.165, 1.54) is 5.56 Å². The predicted octanol–water partition coefficient (Wildman–Crippen LogP) is 3.59. The quantitative estimate of drug-likeness (QED) is 0.925. The number of aliphatic hydroxyl groups is 1. The molecule has 0 aliphatic carbocycles. The number of rotatable bonds is 4. The van der Waals surface area contributed by atoms with Gasteiger partial charge in [-0.25, -0.2) is 4.98 Å². The fourth-order valence-electron chi connectivity index (χ4n) is 1.91. The van der Waals surface area contributed by atoms with E-state index in [1.54, 1.807) is 11.3 Å². The summed E-state index contributed by atoms with van der Waals surface area (Å²) >= 11 is 1.64. The van der Waals surface area contributed by atoms with E-state index < -0.39 is 0 Å². The zero-order chi connectivity index (χ0) is 13.9. The van der Waals surface area contributed by atoms with E-state index in [0.717, 1.165) is 10.7 Å². The van der Waals surface area contributed by atoms with Gasteiger partial charge in [-0.2, -0.15) is 0 Å². The first-order valence-electron chi connectivity index (χ1n) is 6.62. The number of hydrogen-bond donors (Lipinski definition) is 1. The van der Waals surface area contributed by atoms with E-state index in [4.69, 9.17) is 0 Å². The predicted molar refractivity (Wildman–Crippen MR) is 80.7 cm³/mol. The van der Waals surface area contributed by atoms with Gasteiger partial charge in [0.05, 0.1) is 16.8 Å². The Hall–Kier alpha value is -1.19. The van der Waals surface area contributed by atoms with Crippen molar-refractivity contribution in [3.8, 4) is 0 Å². The Labute approximate surface area is 119 Å². The van der Waals surface area contributed by atoms with Crippen molar-refractivity contribution in [3.63, 3.8) is 0 Å². The average molecular weight is 275 g/mol. The van der Waals surface area contributed by atoms with Crippen molar-refractivity contribution in [2.75, 3.05) is 0 Å². The van der Waals surface area contributed by atoms with E-state index in [-0.39, 0.29) is 11.5 Å². The zero-order valence-electron chi connectivity index (χ0n) is 11.8. The summed E-state index contributed by atoms with van der Waals surface area (Å²) in [6, 6.07) is 10.1. The summed E-state index contributed by atoms with van der Waals surface area (Å²) in [7, 11) is 0. The molecular formula is C16H21NOS. The highest BCUT2D eigenvalue weighted by Crippen LogP contribution is 2.24. The second-order valence-electron chi connectivity index (χ2n) is 5.92. The van der Waals surface area contributed by atoms with Crippen LogP contribution < -0.4 is 0 Å². The number of nitrogens with zero attached hydrogens (tertiary/aromatic N) is 1. The third-order valence-electron chi connectivity index (χ3n) is 3.04. The molecule has 0 bridgehead atoms. The lowest BCUT2D eigenvalue weighted by Crippen LogP contribution is -2.15. The smallest absolute Gasteiger partial charge is 0.0954 e. The molecule has 1 N–H and O–H groups in total. The Bertz CT molecular complexity index is 513. The van der Waals surface area contributed by atoms with Crippen LogP contribution in [0.3, 0.4) is 0 Å². The topological polar surface area (TPSA) is 33.1 Å². The van der Waals surface area contributed by atoms with Crippen LogP contribution in [0.2, 0.25) is 0 Å². The summed E-state index contributed by atoms with van der Waals surface area (Å²) in [6.07, 6.45) is 0.961. The molecule has 2 rings (SSSR count). The number of aromatic nitrogens is 1. The van der Waals surface area contributed by atoms with Gasteiger partial charge >= 0.3 is 0 Å². The van der Waals surface area contributed by atoms with Gasteiger partial charge in [0.2, 0.25) is 0 Å². The summed E-state index contributed by atoms with van der Waals surface area (Å²) in [5.74, 6) is 0. The molecule has 0 radical (unpaired) electrons. The van der Waals surface area contributed by atoms with Crippen LogP contribution in [0, 0.1) is 0 Å². The van der Waals surface area contributed by atoms with E-state index in [0.29, 0.717) is 12.8 Å². The third-order valence-corrected chi connectivity index (χ3v) is 3.92. The lowest BCUT2D eigenvalue weighted by molar-refractivity contribution is 0.175. The standard InChI is InChI=1S/C16H21NOS/c1-16(2,3)14-11-19-15(17-14)10-13(18)9-12-7-5-4-6-8-12/h4-8,11,13,18H,9-10H2,1-3H3. The number of aliphatic hydroxyl groups excluding tert-OH is 1. The van der Waals surface area contributed by atoms with Crippen molar-refractivity contribution in [2.45, 2.75) is 45.1 Å². The zero-order valence-corrected chi connectivity index (χ0v) is 12.6. The maximum Gasteiger partial charge on any atom is 0.0954 e. The van der Waals surface area contributed by atoms with Crippen LogP contribution in [0.5, 0.6) is 0 Å². The second kappa shape index (κ2) is 5.85. The number of benzene rings is 1. The molecule has 0 fully saturated rings. The molecule has 0 aliphatic heterocycles. The molecule has 2 aromatic rings. The fourth-order valence-corrected chi connectivity index (χ4v) is 3.00. The van der Waals surface area contributed by atoms with Crippen LogP contribution in [0.1, 0.15) is 37.0 Å². The molecule has 0 aliphatic rings. The van der Waals surface area contributed by atoms with Crippen LogP contribution in [-0.2, 0) is 18.3 Å². The van der Waals surface area contributed by atoms with Crippen molar-refractivity contribution in [1.82, 2.24) is 4.98 Å². The molecule has 19 heavy (non-hydrogen) atoms. The van der Waals surface area contributed by atoms with Crippen molar-refractivity contribution in [3.05, 3.63) is 52.0 Å². The molecule has 0 amide bonds. The molecule has 0 saturated carbocycles. The van der Waals surface area contributed by atoms with Crippen molar-refractivity contribution in [1.29, 1.82) is 0 Å². The Balaban J connectivity index is 1.96. The van der Waals surface area contributed by atoms with Gasteiger partial charge in [-0.3, -0.25) is 0 Å². The van der Waals surface area contributed by atoms with Crippen LogP contribution >= 0.6 is 11.3 Å². The molecule has 0 saturated heterocycles. The van der Waals surface area contributed by atoms with Crippen LogP contribution in [0.4, 0.5) is 0 Å². The van der Waals surface area contributed by atoms with Gasteiger partial charge < -0.3 is 5.11 Å². The summed E-state index contributed by atoms with van der Waals surface area (Å²) < 4.78 is 0. The van der Waals surface area contributed by atoms with Gasteiger partial charge in [0, 0.05) is 17.2 Å². The first kappa shape index (κ1) is 14.2. The minimum atomic E-state index is -0.360. The first-order valence-corrected chi connectivity index (χ1v) is 7.50. The highest BCUT2D eigenvalue weighted by atomic mass is 32.1. The Morgan fingerprint density at radius 2 is 1.84 bits per heavy atom. The normalized spacial score (nSPS) is 13.5. The fraction of sp³-hybridized carbons (Fsp3) is 0.438. The average Bonchev–Trinajstić information content (AvgIpc) is 2.78. The molecule has 102 valence electrons. The van der Waals surface area contributed by atoms with Gasteiger partial charge in [-0.1, -0.05) is 51.1 Å². The lowest BCUT2D eigenvalue weighted by Gasteiger charge is -2.14. The molecule has 1 aromatic heterocycles. The summed E-state index contributed by atoms with van der Waals surface area (Å²) in [5, 5.41) is 13.3. The lowest BCUT2D eigenvalue weighted by atomic mass is 9.93. The second-order valence-corrected chi connectivity index (χ2v) is 6.87. The van der Waals surface area contributed by atoms with Gasteiger partial charge in [-0.15, -0.1) is 11.3 Å². The number of thiazole rings is 1. The highest BCUT2D eigenvalue weighted by Gasteiger charge is 2.18. The van der Waals surface area contributed by atoms with E-state index in [2.05, 4.69) is 31.1 Å². The first-order chi connectivity index (χ1) is 8.95. The minimum absolute atomic E-state index is 0.0825. The van der Waals surface area contributed by atoms with Gasteiger partial charge in [0.25, 0.3) is 0 Å². The van der Waals surface area contributed by atoms with Gasteiger partial charge in [0.15, 0.2) is 0 Å². The van der Waals surface area contributed by atoms with Crippen molar-refractivity contribution < 1.29 is 5.11 Å². The van der Waals surface area contributed by atoms with E-state index in [9.17, 15) is 5.11 Å². The largest absolute Gasteiger partial charge is 0.392 e. The van der Waals surface area contributed by atoms with Crippen LogP contribution in [0.15, 0.2) is 35.7 Å². The monoisotopic (exact) mass is 275 g/mol. The molecule has 2 nitrogen and oxygen atoms in total. The number of hydrogen-bond acceptors (Lipinski definition) is 3. The van der Waals surface area contributed by atoms with Crippen molar-refractivity contribution >= 4 is 11.3 Å². The maximum atomic E-state index is 10.1. The summed E-state index contributed by atoms with van der Waals surface area (Å²) in [4.78, 5) is 4.62. The molecule has 3 heteroatoms.